The van der Waals surface area contributed by atoms with E-state index in [0.29, 0.717) is 0 Å². The van der Waals surface area contributed by atoms with Crippen LogP contribution < -0.4 is 16.9 Å². The number of anilines is 1. The van der Waals surface area contributed by atoms with Crippen molar-refractivity contribution in [1.82, 2.24) is 9.55 Å². The minimum Gasteiger partial charge on any atom is -0.462 e. The molecule has 122 valence electrons. The zero-order valence-electron chi connectivity index (χ0n) is 11.3. The van der Waals surface area contributed by atoms with Gasteiger partial charge in [-0.3, -0.25) is 20.0 Å². The van der Waals surface area contributed by atoms with Crippen LogP contribution in [0.2, 0.25) is 0 Å². The molecule has 1 aliphatic rings. The molecule has 0 aliphatic carbocycles. The molecule has 1 aliphatic heterocycles. The molecule has 11 heteroatoms. The SMILES string of the molecule is NCC(=O)OC[C@H]1O[C@@H](n2ccc(NO)nc2=O)[C@H](O)[C@@H]1O. The second-order valence-corrected chi connectivity index (χ2v) is 4.55. The van der Waals surface area contributed by atoms with Crippen LogP contribution in [0.4, 0.5) is 5.82 Å². The standard InChI is InChI=1S/C11H16N4O7/c12-3-7(16)21-4-5-8(17)9(18)10(22-5)15-2-1-6(14-20)13-11(15)19/h1-2,5,8-10,17-18,20H,3-4,12H2,(H,13,14,19)/t5-,8-,9-,10-/m1/s1. The Morgan fingerprint density at radius 2 is 2.23 bits per heavy atom. The minimum absolute atomic E-state index is 0.0808. The molecule has 2 rings (SSSR count). The third-order valence-electron chi connectivity index (χ3n) is 3.13. The first-order chi connectivity index (χ1) is 10.5. The molecule has 0 aromatic carbocycles. The summed E-state index contributed by atoms with van der Waals surface area (Å²) in [5.41, 5.74) is 5.97. The number of nitrogens with one attached hydrogen (secondary N) is 1. The van der Waals surface area contributed by atoms with Crippen molar-refractivity contribution in [2.45, 2.75) is 24.5 Å². The summed E-state index contributed by atoms with van der Waals surface area (Å²) in [6.45, 7) is -0.642. The Kier molecular flexibility index (Phi) is 5.05. The van der Waals surface area contributed by atoms with Crippen molar-refractivity contribution in [2.24, 2.45) is 5.73 Å². The maximum Gasteiger partial charge on any atom is 0.351 e. The fraction of sp³-hybridized carbons (Fsp3) is 0.545. The van der Waals surface area contributed by atoms with Gasteiger partial charge in [0.1, 0.15) is 24.9 Å². The third kappa shape index (κ3) is 3.23. The Balaban J connectivity index is 2.12. The number of carbonyl (C=O) groups excluding carboxylic acids is 1. The van der Waals surface area contributed by atoms with Crippen LogP contribution in [0, 0.1) is 0 Å². The van der Waals surface area contributed by atoms with Gasteiger partial charge in [0.2, 0.25) is 0 Å². The van der Waals surface area contributed by atoms with E-state index in [4.69, 9.17) is 20.4 Å². The molecule has 0 unspecified atom stereocenters. The van der Waals surface area contributed by atoms with Crippen LogP contribution in [0.5, 0.6) is 0 Å². The zero-order chi connectivity index (χ0) is 16.3. The van der Waals surface area contributed by atoms with Gasteiger partial charge in [0.25, 0.3) is 0 Å². The maximum atomic E-state index is 11.8. The number of hydrogen-bond acceptors (Lipinski definition) is 10. The summed E-state index contributed by atoms with van der Waals surface area (Å²) < 4.78 is 11.0. The Morgan fingerprint density at radius 3 is 2.82 bits per heavy atom. The fourth-order valence-corrected chi connectivity index (χ4v) is 2.00. The maximum absolute atomic E-state index is 11.8. The van der Waals surface area contributed by atoms with Crippen LogP contribution in [0.25, 0.3) is 0 Å². The summed E-state index contributed by atoms with van der Waals surface area (Å²) in [6, 6.07) is 1.27. The molecule has 11 nitrogen and oxygen atoms in total. The molecule has 1 aromatic heterocycles. The van der Waals surface area contributed by atoms with Crippen molar-refractivity contribution in [3.8, 4) is 0 Å². The smallest absolute Gasteiger partial charge is 0.351 e. The first-order valence-electron chi connectivity index (χ1n) is 6.34. The Labute approximate surface area is 123 Å². The molecule has 6 N–H and O–H groups in total. The van der Waals surface area contributed by atoms with Crippen LogP contribution in [0.3, 0.4) is 0 Å². The van der Waals surface area contributed by atoms with Crippen molar-refractivity contribution in [3.63, 3.8) is 0 Å². The number of esters is 1. The Morgan fingerprint density at radius 1 is 1.50 bits per heavy atom. The highest BCUT2D eigenvalue weighted by Gasteiger charge is 2.44. The molecule has 4 atom stereocenters. The van der Waals surface area contributed by atoms with E-state index in [-0.39, 0.29) is 19.0 Å². The highest BCUT2D eigenvalue weighted by atomic mass is 16.6. The lowest BCUT2D eigenvalue weighted by molar-refractivity contribution is -0.148. The number of nitrogens with two attached hydrogens (primary N) is 1. The van der Waals surface area contributed by atoms with Crippen LogP contribution in [0.1, 0.15) is 6.23 Å². The quantitative estimate of drug-likeness (QED) is 0.282. The topological polar surface area (TPSA) is 169 Å². The van der Waals surface area contributed by atoms with Crippen molar-refractivity contribution in [1.29, 1.82) is 0 Å². The Bertz CT molecular complexity index is 592. The average Bonchev–Trinajstić information content (AvgIpc) is 2.80. The molecule has 0 bridgehead atoms. The summed E-state index contributed by atoms with van der Waals surface area (Å²) in [5, 5.41) is 28.5. The summed E-state index contributed by atoms with van der Waals surface area (Å²) in [5.74, 6) is -0.770. The monoisotopic (exact) mass is 316 g/mol. The molecule has 1 aromatic rings. The molecule has 0 radical (unpaired) electrons. The van der Waals surface area contributed by atoms with E-state index in [9.17, 15) is 19.8 Å². The number of ether oxygens (including phenoxy) is 2. The molecule has 0 saturated carbocycles. The summed E-state index contributed by atoms with van der Waals surface area (Å²) >= 11 is 0. The second-order valence-electron chi connectivity index (χ2n) is 4.55. The summed E-state index contributed by atoms with van der Waals surface area (Å²) in [4.78, 5) is 26.3. The van der Waals surface area contributed by atoms with Gasteiger partial charge in [0.05, 0.1) is 6.54 Å². The van der Waals surface area contributed by atoms with Crippen molar-refractivity contribution in [3.05, 3.63) is 22.7 Å². The lowest BCUT2D eigenvalue weighted by atomic mass is 10.1. The van der Waals surface area contributed by atoms with Gasteiger partial charge in [0.15, 0.2) is 12.0 Å². The van der Waals surface area contributed by atoms with Gasteiger partial charge in [-0.1, -0.05) is 0 Å². The van der Waals surface area contributed by atoms with Crippen molar-refractivity contribution in [2.75, 3.05) is 18.6 Å². The number of nitrogens with zero attached hydrogens (tertiary/aromatic N) is 2. The van der Waals surface area contributed by atoms with E-state index in [2.05, 4.69) is 4.98 Å². The van der Waals surface area contributed by atoms with Crippen LogP contribution in [0.15, 0.2) is 17.1 Å². The van der Waals surface area contributed by atoms with Crippen LogP contribution in [-0.2, 0) is 14.3 Å². The predicted molar refractivity (Wildman–Crippen MR) is 69.8 cm³/mol. The number of aliphatic hydroxyl groups is 2. The molecule has 22 heavy (non-hydrogen) atoms. The second kappa shape index (κ2) is 6.81. The number of hydrogen-bond donors (Lipinski definition) is 5. The van der Waals surface area contributed by atoms with Gasteiger partial charge in [-0.05, 0) is 6.07 Å². The van der Waals surface area contributed by atoms with Gasteiger partial charge in [-0.2, -0.15) is 4.98 Å². The van der Waals surface area contributed by atoms with Gasteiger partial charge >= 0.3 is 11.7 Å². The molecule has 0 spiro atoms. The minimum atomic E-state index is -1.42. The fourth-order valence-electron chi connectivity index (χ4n) is 2.00. The summed E-state index contributed by atoms with van der Waals surface area (Å²) in [7, 11) is 0. The largest absolute Gasteiger partial charge is 0.462 e. The van der Waals surface area contributed by atoms with Crippen LogP contribution >= 0.6 is 0 Å². The zero-order valence-corrected chi connectivity index (χ0v) is 11.3. The lowest BCUT2D eigenvalue weighted by Gasteiger charge is -2.17. The number of aliphatic hydroxyl groups excluding tert-OH is 2. The highest BCUT2D eigenvalue weighted by Crippen LogP contribution is 2.28. The van der Waals surface area contributed by atoms with E-state index >= 15 is 0 Å². The third-order valence-corrected chi connectivity index (χ3v) is 3.13. The molecule has 2 heterocycles. The number of rotatable bonds is 5. The van der Waals surface area contributed by atoms with Gasteiger partial charge in [-0.25, -0.2) is 4.79 Å². The highest BCUT2D eigenvalue weighted by molar-refractivity contribution is 5.71. The number of aromatic nitrogens is 2. The normalized spacial score (nSPS) is 27.6. The van der Waals surface area contributed by atoms with Crippen molar-refractivity contribution < 1.29 is 29.7 Å². The first kappa shape index (κ1) is 16.3. The summed E-state index contributed by atoms with van der Waals surface area (Å²) in [6.07, 6.45) is -3.78. The van der Waals surface area contributed by atoms with Crippen LogP contribution in [-0.4, -0.2) is 62.4 Å². The van der Waals surface area contributed by atoms with Crippen molar-refractivity contribution >= 4 is 11.8 Å². The van der Waals surface area contributed by atoms with E-state index in [1.54, 1.807) is 5.48 Å². The Hall–Kier alpha value is -2.05. The van der Waals surface area contributed by atoms with E-state index in [1.807, 2.05) is 0 Å². The predicted octanol–water partition coefficient (Wildman–Crippen LogP) is -2.83. The molecule has 1 saturated heterocycles. The van der Waals surface area contributed by atoms with E-state index in [0.717, 1.165) is 4.57 Å². The molecule has 0 amide bonds. The van der Waals surface area contributed by atoms with Gasteiger partial charge in [0, 0.05) is 6.20 Å². The molecular formula is C11H16N4O7. The lowest BCUT2D eigenvalue weighted by Crippen LogP contribution is -2.36. The molecular weight excluding hydrogens is 300 g/mol. The average molecular weight is 316 g/mol. The van der Waals surface area contributed by atoms with Gasteiger partial charge < -0.3 is 25.4 Å². The van der Waals surface area contributed by atoms with E-state index in [1.165, 1.54) is 12.3 Å². The number of carbonyl (C=O) groups is 1. The first-order valence-corrected chi connectivity index (χ1v) is 6.34. The van der Waals surface area contributed by atoms with E-state index < -0.39 is 36.2 Å². The molecule has 1 fully saturated rings. The van der Waals surface area contributed by atoms with Gasteiger partial charge in [-0.15, -0.1) is 0 Å².